The zero-order valence-corrected chi connectivity index (χ0v) is 36.1. The lowest BCUT2D eigenvalue weighted by Gasteiger charge is -2.28. The van der Waals surface area contributed by atoms with Gasteiger partial charge in [0.25, 0.3) is 7.82 Å². The van der Waals surface area contributed by atoms with Crippen LogP contribution in [-0.4, -0.2) is 70.0 Å². The number of likely N-dealkylation sites (N-methyl/N-ethyl adjacent to an activating group) is 1. The quantitative estimate of drug-likeness (QED) is 0.0199. The molecule has 0 amide bonds. The van der Waals surface area contributed by atoms with Crippen LogP contribution in [0.4, 0.5) is 0 Å². The highest BCUT2D eigenvalue weighted by atomic mass is 31.2. The summed E-state index contributed by atoms with van der Waals surface area (Å²) in [5, 5.41) is 0. The largest absolute Gasteiger partial charge is 0.756 e. The van der Waals surface area contributed by atoms with Crippen molar-refractivity contribution in [3.8, 4) is 0 Å². The number of phosphoric ester groups is 1. The molecular formula is C43H84NO8P. The summed E-state index contributed by atoms with van der Waals surface area (Å²) in [6, 6.07) is 0. The number of allylic oxidation sites excluding steroid dienone is 2. The van der Waals surface area contributed by atoms with Crippen LogP contribution in [0.1, 0.15) is 200 Å². The molecule has 0 saturated carbocycles. The van der Waals surface area contributed by atoms with Gasteiger partial charge in [0, 0.05) is 12.8 Å². The Morgan fingerprint density at radius 1 is 0.566 bits per heavy atom. The van der Waals surface area contributed by atoms with Gasteiger partial charge in [-0.05, 0) is 38.5 Å². The summed E-state index contributed by atoms with van der Waals surface area (Å²) in [5.74, 6) is -0.835. The normalized spacial score (nSPS) is 13.7. The van der Waals surface area contributed by atoms with Crippen molar-refractivity contribution >= 4 is 19.8 Å². The van der Waals surface area contributed by atoms with Gasteiger partial charge in [0.15, 0.2) is 6.10 Å². The molecule has 10 heteroatoms. The molecule has 53 heavy (non-hydrogen) atoms. The smallest absolute Gasteiger partial charge is 0.306 e. The number of carbonyl (C=O) groups is 2. The van der Waals surface area contributed by atoms with Crippen molar-refractivity contribution in [3.05, 3.63) is 12.2 Å². The summed E-state index contributed by atoms with van der Waals surface area (Å²) in [7, 11) is 1.17. The number of ether oxygens (including phenoxy) is 2. The number of carbonyl (C=O) groups excluding carboxylic acids is 2. The van der Waals surface area contributed by atoms with Crippen LogP contribution in [0.15, 0.2) is 12.2 Å². The van der Waals surface area contributed by atoms with Gasteiger partial charge in [-0.2, -0.15) is 0 Å². The number of rotatable bonds is 40. The van der Waals surface area contributed by atoms with Gasteiger partial charge in [0.05, 0.1) is 27.7 Å². The summed E-state index contributed by atoms with van der Waals surface area (Å²) in [6.07, 6.45) is 36.6. The molecule has 0 aromatic heterocycles. The molecule has 0 heterocycles. The van der Waals surface area contributed by atoms with E-state index in [-0.39, 0.29) is 32.0 Å². The van der Waals surface area contributed by atoms with E-state index in [1.54, 1.807) is 0 Å². The third kappa shape index (κ3) is 40.2. The van der Waals surface area contributed by atoms with Crippen LogP contribution in [-0.2, 0) is 32.7 Å². The van der Waals surface area contributed by atoms with Crippen LogP contribution in [0.25, 0.3) is 0 Å². The van der Waals surface area contributed by atoms with E-state index >= 15 is 0 Å². The summed E-state index contributed by atoms with van der Waals surface area (Å²) in [6.45, 7) is 4.23. The fourth-order valence-corrected chi connectivity index (χ4v) is 6.79. The molecule has 0 fully saturated rings. The minimum Gasteiger partial charge on any atom is -0.756 e. The highest BCUT2D eigenvalue weighted by Crippen LogP contribution is 2.38. The Labute approximate surface area is 326 Å². The predicted octanol–water partition coefficient (Wildman–Crippen LogP) is 11.6. The molecule has 0 spiro atoms. The van der Waals surface area contributed by atoms with Crippen molar-refractivity contribution in [3.63, 3.8) is 0 Å². The van der Waals surface area contributed by atoms with Crippen molar-refractivity contribution in [2.75, 3.05) is 47.5 Å². The molecular weight excluding hydrogens is 689 g/mol. The van der Waals surface area contributed by atoms with E-state index < -0.39 is 26.5 Å². The van der Waals surface area contributed by atoms with Gasteiger partial charge in [0.2, 0.25) is 0 Å². The Kier molecular flexibility index (Phi) is 35.5. The zero-order valence-electron chi connectivity index (χ0n) is 35.2. The average molecular weight is 774 g/mol. The summed E-state index contributed by atoms with van der Waals surface area (Å²) in [5.41, 5.74) is 0. The molecule has 0 aromatic carbocycles. The molecule has 314 valence electrons. The third-order valence-electron chi connectivity index (χ3n) is 9.54. The van der Waals surface area contributed by atoms with E-state index in [4.69, 9.17) is 18.5 Å². The Morgan fingerprint density at radius 3 is 1.40 bits per heavy atom. The first-order valence-electron chi connectivity index (χ1n) is 21.9. The maximum Gasteiger partial charge on any atom is 0.306 e. The number of unbranched alkanes of at least 4 members (excludes halogenated alkanes) is 24. The van der Waals surface area contributed by atoms with E-state index in [1.807, 2.05) is 21.1 Å². The Bertz CT molecular complexity index is 922. The highest BCUT2D eigenvalue weighted by Gasteiger charge is 2.21. The minimum atomic E-state index is -4.62. The van der Waals surface area contributed by atoms with Crippen LogP contribution in [0, 0.1) is 0 Å². The van der Waals surface area contributed by atoms with Gasteiger partial charge in [-0.25, -0.2) is 0 Å². The van der Waals surface area contributed by atoms with Crippen molar-refractivity contribution in [2.24, 2.45) is 0 Å². The SMILES string of the molecule is CCCCCCCC/C=C/CCCCCCCC(=O)OCC(COP(=O)([O-])OCC[N+](C)(C)C)OC(=O)CCCCCCCCCCCCCCCC. The number of quaternary nitrogens is 1. The average Bonchev–Trinajstić information content (AvgIpc) is 3.10. The number of hydrogen-bond donors (Lipinski definition) is 0. The first kappa shape index (κ1) is 51.8. The second-order valence-corrected chi connectivity index (χ2v) is 17.5. The molecule has 9 nitrogen and oxygen atoms in total. The van der Waals surface area contributed by atoms with E-state index in [0.29, 0.717) is 17.4 Å². The van der Waals surface area contributed by atoms with E-state index in [2.05, 4.69) is 26.0 Å². The van der Waals surface area contributed by atoms with E-state index in [0.717, 1.165) is 51.4 Å². The molecule has 0 N–H and O–H groups in total. The van der Waals surface area contributed by atoms with Crippen LogP contribution in [0.2, 0.25) is 0 Å². The fourth-order valence-electron chi connectivity index (χ4n) is 6.06. The Balaban J connectivity index is 4.35. The molecule has 0 aromatic rings. The van der Waals surface area contributed by atoms with Gasteiger partial charge in [-0.3, -0.25) is 14.2 Å². The highest BCUT2D eigenvalue weighted by molar-refractivity contribution is 7.45. The number of phosphoric acid groups is 1. The van der Waals surface area contributed by atoms with Crippen LogP contribution in [0.3, 0.4) is 0 Å². The van der Waals surface area contributed by atoms with Crippen molar-refractivity contribution < 1.29 is 42.1 Å². The lowest BCUT2D eigenvalue weighted by Crippen LogP contribution is -2.37. The molecule has 0 aliphatic rings. The third-order valence-corrected chi connectivity index (χ3v) is 10.5. The molecule has 0 saturated heterocycles. The Morgan fingerprint density at radius 2 is 0.962 bits per heavy atom. The van der Waals surface area contributed by atoms with Crippen molar-refractivity contribution in [1.82, 2.24) is 0 Å². The second kappa shape index (κ2) is 36.4. The van der Waals surface area contributed by atoms with Gasteiger partial charge < -0.3 is 27.9 Å². The number of hydrogen-bond acceptors (Lipinski definition) is 8. The van der Waals surface area contributed by atoms with Crippen LogP contribution < -0.4 is 4.89 Å². The maximum atomic E-state index is 12.6. The van der Waals surface area contributed by atoms with Crippen LogP contribution in [0.5, 0.6) is 0 Å². The molecule has 2 atom stereocenters. The van der Waals surface area contributed by atoms with E-state index in [9.17, 15) is 19.0 Å². The molecule has 0 rings (SSSR count). The number of nitrogens with zero attached hydrogens (tertiary/aromatic N) is 1. The monoisotopic (exact) mass is 774 g/mol. The minimum absolute atomic E-state index is 0.0290. The van der Waals surface area contributed by atoms with Gasteiger partial charge in [-0.1, -0.05) is 161 Å². The van der Waals surface area contributed by atoms with Gasteiger partial charge in [0.1, 0.15) is 19.8 Å². The van der Waals surface area contributed by atoms with Crippen molar-refractivity contribution in [1.29, 1.82) is 0 Å². The molecule has 2 unspecified atom stereocenters. The lowest BCUT2D eigenvalue weighted by molar-refractivity contribution is -0.870. The van der Waals surface area contributed by atoms with E-state index in [1.165, 1.54) is 116 Å². The fraction of sp³-hybridized carbons (Fsp3) is 0.907. The van der Waals surface area contributed by atoms with Crippen LogP contribution >= 0.6 is 7.82 Å². The second-order valence-electron chi connectivity index (χ2n) is 16.1. The zero-order chi connectivity index (χ0) is 39.3. The first-order valence-corrected chi connectivity index (χ1v) is 23.4. The predicted molar refractivity (Wildman–Crippen MR) is 218 cm³/mol. The molecule has 0 aliphatic carbocycles. The summed E-state index contributed by atoms with van der Waals surface area (Å²) < 4.78 is 33.9. The number of esters is 2. The topological polar surface area (TPSA) is 111 Å². The standard InChI is InChI=1S/C43H84NO8P/c1-6-8-10-12-14-16-18-20-22-24-25-27-29-31-33-35-42(45)49-39-41(40-51-53(47,48)50-38-37-44(3,4)5)52-43(46)36-34-32-30-28-26-23-21-19-17-15-13-11-9-7-2/h20,22,41H,6-19,21,23-40H2,1-5H3/b22-20+. The Hall–Kier alpha value is -1.25. The summed E-state index contributed by atoms with van der Waals surface area (Å²) in [4.78, 5) is 37.5. The first-order chi connectivity index (χ1) is 25.5. The lowest BCUT2D eigenvalue weighted by atomic mass is 10.0. The maximum absolute atomic E-state index is 12.6. The molecule has 0 aliphatic heterocycles. The molecule has 0 bridgehead atoms. The molecule has 0 radical (unpaired) electrons. The van der Waals surface area contributed by atoms with Gasteiger partial charge in [-0.15, -0.1) is 0 Å². The van der Waals surface area contributed by atoms with Gasteiger partial charge >= 0.3 is 11.9 Å². The summed E-state index contributed by atoms with van der Waals surface area (Å²) >= 11 is 0. The van der Waals surface area contributed by atoms with Crippen molar-refractivity contribution in [2.45, 2.75) is 206 Å².